The van der Waals surface area contributed by atoms with Gasteiger partial charge in [0.1, 0.15) is 5.76 Å². The van der Waals surface area contributed by atoms with Crippen LogP contribution in [0.25, 0.3) is 87.8 Å². The van der Waals surface area contributed by atoms with Crippen LogP contribution in [0.15, 0.2) is 339 Å². The van der Waals surface area contributed by atoms with Crippen LogP contribution >= 0.6 is 11.8 Å². The predicted molar refractivity (Wildman–Crippen MR) is 403 cm³/mol. The summed E-state index contributed by atoms with van der Waals surface area (Å²) in [5.41, 5.74) is 24.2. The molecule has 7 nitrogen and oxygen atoms in total. The smallest absolute Gasteiger partial charge is 0.106 e. The van der Waals surface area contributed by atoms with Crippen LogP contribution in [-0.2, 0) is 85.2 Å². The summed E-state index contributed by atoms with van der Waals surface area (Å²) in [5, 5.41) is 19.1. The average Bonchev–Trinajstić information content (AvgIpc) is 1.72. The summed E-state index contributed by atoms with van der Waals surface area (Å²) >= 11 is 1.81. The summed E-state index contributed by atoms with van der Waals surface area (Å²) in [6.07, 6.45) is 1.68. The fourth-order valence-electron chi connectivity index (χ4n) is 12.2. The Labute approximate surface area is 654 Å². The van der Waals surface area contributed by atoms with Gasteiger partial charge in [0.2, 0.25) is 0 Å². The molecule has 0 saturated carbocycles. The van der Waals surface area contributed by atoms with Gasteiger partial charge in [-0.2, -0.15) is 150 Å². The fraction of sp³-hybridized carbons (Fsp3) is 0.101. The van der Waals surface area contributed by atoms with Crippen LogP contribution in [0.4, 0.5) is 0 Å². The molecule has 0 amide bonds. The van der Waals surface area contributed by atoms with Gasteiger partial charge in [-0.25, -0.2) is 0 Å². The first-order chi connectivity index (χ1) is 47.7. The number of ether oxygens (including phenoxy) is 1. The molecule has 101 heavy (non-hydrogen) atoms. The van der Waals surface area contributed by atoms with E-state index in [9.17, 15) is 0 Å². The van der Waals surface area contributed by atoms with Crippen LogP contribution < -0.4 is 0 Å². The van der Waals surface area contributed by atoms with Crippen molar-refractivity contribution in [3.05, 3.63) is 429 Å². The van der Waals surface area contributed by atoms with Crippen molar-refractivity contribution in [3.63, 3.8) is 0 Å². The fourth-order valence-corrected chi connectivity index (χ4v) is 13.4. The van der Waals surface area contributed by atoms with Crippen molar-refractivity contribution in [3.8, 4) is 44.5 Å². The van der Waals surface area contributed by atoms with Gasteiger partial charge in [0.25, 0.3) is 0 Å². The monoisotopic (exact) mass is 2040 g/mol. The molecule has 4 heterocycles. The van der Waals surface area contributed by atoms with E-state index in [0.717, 1.165) is 56.4 Å². The summed E-state index contributed by atoms with van der Waals surface area (Å²) in [4.78, 5) is 5.69. The zero-order valence-corrected chi connectivity index (χ0v) is 66.6. The molecule has 16 rings (SSSR count). The van der Waals surface area contributed by atoms with Crippen LogP contribution in [0.5, 0.6) is 0 Å². The predicted octanol–water partition coefficient (Wildman–Crippen LogP) is 23.9. The van der Waals surface area contributed by atoms with Crippen molar-refractivity contribution in [2.24, 2.45) is 0 Å². The second kappa shape index (κ2) is 37.2. The maximum Gasteiger partial charge on any atom is 0.106 e. The van der Waals surface area contributed by atoms with E-state index in [1.807, 2.05) is 128 Å². The largest absolute Gasteiger partial charge is 0.674 e. The SMILES string of the molecule is CC1=C(c2ccc(-c3ccccc3)cc2)N(C)C(c2[c-]cccc2)[N-]1.CC1=C(c2ccc(-c3ccccc3)cc2)OC(c2[c-]cccc2)[N-]1.CC1=C(c2ccc(-c3ccccc3)cc2)SC(c2[c-]cccc2)[N-]1.CN1C(c2ccc(-c3ccccc3)cc2)=C[N-]C1c1[c-]cccc1.[Ir].[Ir].[Ir].[Ir]. The first-order valence-electron chi connectivity index (χ1n) is 32.6. The molecule has 0 bridgehead atoms. The van der Waals surface area contributed by atoms with Crippen molar-refractivity contribution >= 4 is 33.8 Å². The van der Waals surface area contributed by atoms with E-state index >= 15 is 0 Å². The number of thioether (sulfide) groups is 1. The van der Waals surface area contributed by atoms with Crippen molar-refractivity contribution in [1.82, 2.24) is 9.80 Å². The number of rotatable bonds is 12. The maximum absolute atomic E-state index is 6.07. The van der Waals surface area contributed by atoms with E-state index < -0.39 is 0 Å². The van der Waals surface area contributed by atoms with Crippen LogP contribution in [0.2, 0.25) is 0 Å². The third kappa shape index (κ3) is 18.8. The minimum atomic E-state index is -0.296. The molecule has 0 fully saturated rings. The molecular formula is C89H72Ir4N6OS-8. The van der Waals surface area contributed by atoms with Gasteiger partial charge in [-0.1, -0.05) is 245 Å². The third-order valence-corrected chi connectivity index (χ3v) is 18.6. The van der Waals surface area contributed by atoms with E-state index in [4.69, 9.17) is 15.4 Å². The Balaban J connectivity index is 0.000000155. The molecule has 4 unspecified atom stereocenters. The molecule has 4 aliphatic rings. The van der Waals surface area contributed by atoms with E-state index in [-0.39, 0.29) is 104 Å². The Bertz CT molecular complexity index is 4510. The molecule has 0 saturated heterocycles. The van der Waals surface area contributed by atoms with E-state index in [1.54, 1.807) is 0 Å². The summed E-state index contributed by atoms with van der Waals surface area (Å²) in [7, 11) is 4.19. The summed E-state index contributed by atoms with van der Waals surface area (Å²) in [5.74, 6) is 0.844. The number of hydrogen-bond donors (Lipinski definition) is 0. The first-order valence-corrected chi connectivity index (χ1v) is 33.5. The standard InChI is InChI=1S/C23H20N2.C22H18N2.C22H17NO.C22H17NS.4Ir/c1-17-22(25(2)23(24-17)21-11-7-4-8-12-21)20-15-13-19(14-16-20)18-9-5-3-6-10-18;1-24-21(16-23-22(24)20-10-6-3-7-11-20)19-14-12-18(13-15-19)17-8-4-2-5-9-17;2*1-16-21(24-22(23-16)20-10-6-3-7-11-20)19-14-12-18(13-15-19)17-8-4-2-5-9-17;;;;/h3-11,13-16,23H,1-2H3;2-10,12-16,22H,1H3;2*2-10,12-15,22H,1H3;;;;/q4*-2;;;;. The number of nitrogens with zero attached hydrogens (tertiary/aromatic N) is 6. The molecular weight excluding hydrogens is 1970 g/mol. The quantitative estimate of drug-likeness (QED) is 0.114. The average molecular weight is 2040 g/mol. The molecule has 514 valence electrons. The van der Waals surface area contributed by atoms with Crippen molar-refractivity contribution in [2.45, 2.75) is 44.7 Å². The van der Waals surface area contributed by atoms with Crippen LogP contribution in [-0.4, -0.2) is 23.9 Å². The van der Waals surface area contributed by atoms with Gasteiger partial charge < -0.3 is 35.8 Å². The van der Waals surface area contributed by atoms with Crippen LogP contribution in [0.1, 0.15) is 89.2 Å². The van der Waals surface area contributed by atoms with Crippen molar-refractivity contribution < 1.29 is 85.2 Å². The molecule has 12 heteroatoms. The zero-order chi connectivity index (χ0) is 66.3. The summed E-state index contributed by atoms with van der Waals surface area (Å²) < 4.78 is 6.07. The molecule has 0 aromatic heterocycles. The van der Waals surface area contributed by atoms with Gasteiger partial charge in [-0.15, -0.1) is 28.7 Å². The molecule has 0 aliphatic carbocycles. The van der Waals surface area contributed by atoms with Gasteiger partial charge in [0.05, 0.1) is 0 Å². The zero-order valence-electron chi connectivity index (χ0n) is 56.2. The number of hydrogen-bond acceptors (Lipinski definition) is 4. The van der Waals surface area contributed by atoms with Gasteiger partial charge >= 0.3 is 0 Å². The first kappa shape index (κ1) is 76.3. The van der Waals surface area contributed by atoms with Gasteiger partial charge in [0, 0.05) is 118 Å². The van der Waals surface area contributed by atoms with E-state index in [2.05, 4.69) is 285 Å². The summed E-state index contributed by atoms with van der Waals surface area (Å²) in [6, 6.07) is 121. The summed E-state index contributed by atoms with van der Waals surface area (Å²) in [6.45, 7) is 6.17. The van der Waals surface area contributed by atoms with Crippen LogP contribution in [0, 0.1) is 24.3 Å². The van der Waals surface area contributed by atoms with Crippen molar-refractivity contribution in [1.29, 1.82) is 0 Å². The number of allylic oxidation sites excluding steroid dienone is 3. The molecule has 0 spiro atoms. The van der Waals surface area contributed by atoms with Gasteiger partial charge in [0.15, 0.2) is 0 Å². The number of benzene rings is 12. The Morgan fingerprint density at radius 2 is 0.673 bits per heavy atom. The molecule has 4 radical (unpaired) electrons. The molecule has 0 N–H and O–H groups in total. The van der Waals surface area contributed by atoms with E-state index in [0.29, 0.717) is 0 Å². The molecule has 4 aliphatic heterocycles. The molecule has 12 aromatic carbocycles. The Kier molecular flexibility index (Phi) is 28.1. The Morgan fingerprint density at radius 1 is 0.317 bits per heavy atom. The Morgan fingerprint density at radius 3 is 1.10 bits per heavy atom. The van der Waals surface area contributed by atoms with Crippen LogP contribution in [0.3, 0.4) is 0 Å². The second-order valence-electron chi connectivity index (χ2n) is 23.8. The second-order valence-corrected chi connectivity index (χ2v) is 24.9. The maximum atomic E-state index is 6.07. The van der Waals surface area contributed by atoms with Crippen molar-refractivity contribution in [2.75, 3.05) is 14.1 Å². The Hall–Kier alpha value is -8.85. The van der Waals surface area contributed by atoms with Gasteiger partial charge in [-0.05, 0) is 78.4 Å². The molecule has 4 atom stereocenters. The normalized spacial score (nSPS) is 16.1. The topological polar surface area (TPSA) is 72.1 Å². The third-order valence-electron chi connectivity index (χ3n) is 17.3. The minimum absolute atomic E-state index is 0. The van der Waals surface area contributed by atoms with E-state index in [1.165, 1.54) is 71.8 Å². The minimum Gasteiger partial charge on any atom is -0.674 e. The molecule has 12 aromatic rings. The van der Waals surface area contributed by atoms with Gasteiger partial charge in [-0.3, -0.25) is 0 Å².